The fraction of sp³-hybridized carbons (Fsp3) is 0.120. The minimum absolute atomic E-state index is 0.0942. The number of nitrogens with zero attached hydrogens (tertiary/aromatic N) is 1. The molecule has 8 heteroatoms. The van der Waals surface area contributed by atoms with Crippen LogP contribution in [0.5, 0.6) is 5.75 Å². The zero-order chi connectivity index (χ0) is 24.0. The van der Waals surface area contributed by atoms with Crippen LogP contribution in [0.25, 0.3) is 6.08 Å². The zero-order valence-corrected chi connectivity index (χ0v) is 20.5. The Kier molecular flexibility index (Phi) is 8.66. The van der Waals surface area contributed by atoms with Crippen molar-refractivity contribution >= 4 is 64.1 Å². The van der Waals surface area contributed by atoms with Crippen molar-refractivity contribution in [1.29, 1.82) is 5.26 Å². The molecular weight excluding hydrogens is 502 g/mol. The van der Waals surface area contributed by atoms with Crippen LogP contribution < -0.4 is 10.1 Å². The Morgan fingerprint density at radius 3 is 2.24 bits per heavy atom. The van der Waals surface area contributed by atoms with E-state index in [2.05, 4.69) is 5.32 Å². The first-order valence-corrected chi connectivity index (χ1v) is 11.4. The van der Waals surface area contributed by atoms with Crippen LogP contribution in [-0.2, 0) is 17.8 Å². The van der Waals surface area contributed by atoms with Crippen LogP contribution in [-0.4, -0.2) is 5.91 Å². The van der Waals surface area contributed by atoms with E-state index in [0.29, 0.717) is 26.9 Å². The second kappa shape index (κ2) is 11.4. The average Bonchev–Trinajstić information content (AvgIpc) is 2.78. The van der Waals surface area contributed by atoms with E-state index in [0.717, 1.165) is 12.0 Å². The molecule has 0 bridgehead atoms. The molecule has 1 amide bonds. The standard InChI is InChI=1S/C25H18Cl4N2O2/c1-2-15-3-7-20(8-4-15)31-25(32)18(13-30)9-16-10-22(28)24(23(29)11-16)33-14-17-5-6-19(26)12-21(17)27/h3-12H,2,14H2,1H3,(H,31,32)/b18-9+. The third kappa shape index (κ3) is 6.66. The molecule has 0 atom stereocenters. The Labute approximate surface area is 212 Å². The maximum Gasteiger partial charge on any atom is 0.266 e. The van der Waals surface area contributed by atoms with Crippen molar-refractivity contribution in [2.24, 2.45) is 0 Å². The molecule has 0 radical (unpaired) electrons. The van der Waals surface area contributed by atoms with E-state index in [9.17, 15) is 10.1 Å². The number of carbonyl (C=O) groups excluding carboxylic acids is 1. The smallest absolute Gasteiger partial charge is 0.266 e. The van der Waals surface area contributed by atoms with Gasteiger partial charge in [0, 0.05) is 21.3 Å². The molecule has 1 N–H and O–H groups in total. The molecule has 0 aliphatic carbocycles. The first-order valence-electron chi connectivity index (χ1n) is 9.88. The van der Waals surface area contributed by atoms with Gasteiger partial charge in [-0.2, -0.15) is 5.26 Å². The summed E-state index contributed by atoms with van der Waals surface area (Å²) in [5.41, 5.74) is 2.85. The summed E-state index contributed by atoms with van der Waals surface area (Å²) >= 11 is 24.8. The molecule has 168 valence electrons. The summed E-state index contributed by atoms with van der Waals surface area (Å²) in [5.74, 6) is -0.271. The van der Waals surface area contributed by atoms with E-state index in [1.165, 1.54) is 6.08 Å². The van der Waals surface area contributed by atoms with Gasteiger partial charge in [0.1, 0.15) is 18.2 Å². The fourth-order valence-electron chi connectivity index (χ4n) is 2.93. The number of anilines is 1. The maximum atomic E-state index is 12.5. The number of ether oxygens (including phenoxy) is 1. The number of aryl methyl sites for hydroxylation is 1. The molecule has 0 spiro atoms. The van der Waals surface area contributed by atoms with Gasteiger partial charge in [0.25, 0.3) is 5.91 Å². The Hall–Kier alpha value is -2.68. The zero-order valence-electron chi connectivity index (χ0n) is 17.5. The lowest BCUT2D eigenvalue weighted by Gasteiger charge is -2.12. The number of benzene rings is 3. The van der Waals surface area contributed by atoms with Crippen molar-refractivity contribution in [2.45, 2.75) is 20.0 Å². The van der Waals surface area contributed by atoms with E-state index in [1.807, 2.05) is 25.1 Å². The van der Waals surface area contributed by atoms with Gasteiger partial charge in [-0.05, 0) is 60.0 Å². The Balaban J connectivity index is 1.76. The van der Waals surface area contributed by atoms with Crippen molar-refractivity contribution in [3.63, 3.8) is 0 Å². The highest BCUT2D eigenvalue weighted by atomic mass is 35.5. The predicted octanol–water partition coefficient (Wildman–Crippen LogP) is 7.99. The van der Waals surface area contributed by atoms with Crippen LogP contribution in [0.15, 0.2) is 60.2 Å². The molecule has 0 heterocycles. The first-order chi connectivity index (χ1) is 15.8. The molecule has 0 aromatic heterocycles. The quantitative estimate of drug-likeness (QED) is 0.254. The van der Waals surface area contributed by atoms with Crippen LogP contribution in [0.2, 0.25) is 20.1 Å². The summed E-state index contributed by atoms with van der Waals surface area (Å²) in [4.78, 5) is 12.5. The molecule has 3 aromatic rings. The third-order valence-electron chi connectivity index (χ3n) is 4.70. The molecule has 0 fully saturated rings. The summed E-state index contributed by atoms with van der Waals surface area (Å²) in [6.45, 7) is 2.18. The highest BCUT2D eigenvalue weighted by molar-refractivity contribution is 6.37. The van der Waals surface area contributed by atoms with E-state index in [-0.39, 0.29) is 28.0 Å². The number of hydrogen-bond donors (Lipinski definition) is 1. The van der Waals surface area contributed by atoms with E-state index in [1.54, 1.807) is 42.5 Å². The third-order valence-corrected chi connectivity index (χ3v) is 5.85. The van der Waals surface area contributed by atoms with Crippen LogP contribution in [0.3, 0.4) is 0 Å². The summed E-state index contributed by atoms with van der Waals surface area (Å²) in [5, 5.41) is 13.6. The normalized spacial score (nSPS) is 11.1. The number of nitriles is 1. The van der Waals surface area contributed by atoms with Gasteiger partial charge in [-0.3, -0.25) is 4.79 Å². The average molecular weight is 520 g/mol. The van der Waals surface area contributed by atoms with E-state index < -0.39 is 5.91 Å². The summed E-state index contributed by atoms with van der Waals surface area (Å²) < 4.78 is 5.75. The van der Waals surface area contributed by atoms with E-state index >= 15 is 0 Å². The van der Waals surface area contributed by atoms with Gasteiger partial charge >= 0.3 is 0 Å². The van der Waals surface area contributed by atoms with Crippen molar-refractivity contribution in [3.8, 4) is 11.8 Å². The summed E-state index contributed by atoms with van der Waals surface area (Å²) in [6, 6.07) is 17.5. The lowest BCUT2D eigenvalue weighted by molar-refractivity contribution is -0.112. The molecular formula is C25H18Cl4N2O2. The van der Waals surface area contributed by atoms with Crippen LogP contribution in [0, 0.1) is 11.3 Å². The van der Waals surface area contributed by atoms with Gasteiger partial charge in [-0.25, -0.2) is 0 Å². The largest absolute Gasteiger partial charge is 0.486 e. The SMILES string of the molecule is CCc1ccc(NC(=O)/C(C#N)=C/c2cc(Cl)c(OCc3ccc(Cl)cc3Cl)c(Cl)c2)cc1. The molecule has 3 aromatic carbocycles. The van der Waals surface area contributed by atoms with Crippen molar-refractivity contribution < 1.29 is 9.53 Å². The van der Waals surface area contributed by atoms with Gasteiger partial charge in [0.2, 0.25) is 0 Å². The second-order valence-corrected chi connectivity index (χ2v) is 8.67. The second-order valence-electron chi connectivity index (χ2n) is 7.01. The fourth-order valence-corrected chi connectivity index (χ4v) is 4.00. The van der Waals surface area contributed by atoms with Crippen LogP contribution >= 0.6 is 46.4 Å². The number of halogens is 4. The minimum Gasteiger partial charge on any atom is -0.486 e. The molecule has 0 aliphatic heterocycles. The summed E-state index contributed by atoms with van der Waals surface area (Å²) in [6.07, 6.45) is 2.30. The first kappa shape index (κ1) is 25.0. The van der Waals surface area contributed by atoms with Gasteiger partial charge in [-0.15, -0.1) is 0 Å². The van der Waals surface area contributed by atoms with Gasteiger partial charge in [0.05, 0.1) is 10.0 Å². The van der Waals surface area contributed by atoms with Crippen LogP contribution in [0.1, 0.15) is 23.6 Å². The highest BCUT2D eigenvalue weighted by Crippen LogP contribution is 2.36. The molecule has 0 aliphatic rings. The van der Waals surface area contributed by atoms with Gasteiger partial charge < -0.3 is 10.1 Å². The molecule has 0 saturated heterocycles. The number of hydrogen-bond acceptors (Lipinski definition) is 3. The van der Waals surface area contributed by atoms with Crippen LogP contribution in [0.4, 0.5) is 5.69 Å². The topological polar surface area (TPSA) is 62.1 Å². The van der Waals surface area contributed by atoms with Gasteiger partial charge in [0.15, 0.2) is 5.75 Å². The number of amides is 1. The van der Waals surface area contributed by atoms with Gasteiger partial charge in [-0.1, -0.05) is 71.5 Å². The number of rotatable bonds is 7. The molecule has 33 heavy (non-hydrogen) atoms. The Morgan fingerprint density at radius 1 is 1.00 bits per heavy atom. The highest BCUT2D eigenvalue weighted by Gasteiger charge is 2.14. The Bertz CT molecular complexity index is 1230. The number of nitrogens with one attached hydrogen (secondary N) is 1. The monoisotopic (exact) mass is 518 g/mol. The maximum absolute atomic E-state index is 12.5. The minimum atomic E-state index is -0.535. The summed E-state index contributed by atoms with van der Waals surface area (Å²) in [7, 11) is 0. The lowest BCUT2D eigenvalue weighted by Crippen LogP contribution is -2.13. The molecule has 4 nitrogen and oxygen atoms in total. The van der Waals surface area contributed by atoms with Crippen molar-refractivity contribution in [1.82, 2.24) is 0 Å². The molecule has 3 rings (SSSR count). The number of carbonyl (C=O) groups is 1. The molecule has 0 saturated carbocycles. The lowest BCUT2D eigenvalue weighted by atomic mass is 10.1. The van der Waals surface area contributed by atoms with Crippen molar-refractivity contribution in [3.05, 3.63) is 97.0 Å². The Morgan fingerprint density at radius 2 is 1.67 bits per heavy atom. The van der Waals surface area contributed by atoms with Crippen molar-refractivity contribution in [2.75, 3.05) is 5.32 Å². The predicted molar refractivity (Wildman–Crippen MR) is 135 cm³/mol. The molecule has 0 unspecified atom stereocenters. The van der Waals surface area contributed by atoms with E-state index in [4.69, 9.17) is 51.1 Å².